The van der Waals surface area contributed by atoms with Crippen molar-refractivity contribution in [3.8, 4) is 6.07 Å². The van der Waals surface area contributed by atoms with Crippen LogP contribution in [0.2, 0.25) is 0 Å². The standard InChI is InChI=1S/C8H16N4OS.C2H5/c1-2-12(13)11-4-3-8(7-9)10-5-6-14-8;1-2/h10-12H,2-6H2,1H3;1H2,2H3. The first-order valence-corrected chi connectivity index (χ1v) is 6.48. The third-order valence-electron chi connectivity index (χ3n) is 2.16. The fourth-order valence-corrected chi connectivity index (χ4v) is 2.39. The van der Waals surface area contributed by atoms with E-state index in [9.17, 15) is 5.21 Å². The van der Waals surface area contributed by atoms with E-state index in [-0.39, 0.29) is 5.17 Å². The van der Waals surface area contributed by atoms with Gasteiger partial charge in [0, 0.05) is 25.3 Å². The zero-order valence-electron chi connectivity index (χ0n) is 10.0. The predicted molar refractivity (Wildman–Crippen MR) is 67.3 cm³/mol. The molecule has 2 unspecified atom stereocenters. The number of thioether (sulfide) groups is 1. The van der Waals surface area contributed by atoms with Crippen LogP contribution >= 0.6 is 11.8 Å². The van der Waals surface area contributed by atoms with Crippen LogP contribution in [0.1, 0.15) is 20.3 Å². The van der Waals surface area contributed by atoms with Crippen molar-refractivity contribution in [3.05, 3.63) is 12.1 Å². The second-order valence-corrected chi connectivity index (χ2v) is 4.56. The van der Waals surface area contributed by atoms with E-state index in [2.05, 4.69) is 23.7 Å². The third kappa shape index (κ3) is 5.14. The van der Waals surface area contributed by atoms with E-state index in [0.717, 1.165) is 12.3 Å². The lowest BCUT2D eigenvalue weighted by Crippen LogP contribution is -3.14. The van der Waals surface area contributed by atoms with Crippen LogP contribution in [0.15, 0.2) is 0 Å². The molecule has 1 rings (SSSR count). The van der Waals surface area contributed by atoms with E-state index in [4.69, 9.17) is 5.26 Å². The summed E-state index contributed by atoms with van der Waals surface area (Å²) >= 11 is 1.63. The molecule has 1 aliphatic heterocycles. The summed E-state index contributed by atoms with van der Waals surface area (Å²) in [6, 6.07) is 2.27. The highest BCUT2D eigenvalue weighted by Gasteiger charge is 2.33. The van der Waals surface area contributed by atoms with Crippen molar-refractivity contribution in [1.29, 1.82) is 5.26 Å². The van der Waals surface area contributed by atoms with Crippen LogP contribution < -0.4 is 15.9 Å². The number of hydrogen-bond donors (Lipinski definition) is 3. The van der Waals surface area contributed by atoms with Crippen molar-refractivity contribution in [2.24, 2.45) is 0 Å². The van der Waals surface area contributed by atoms with Crippen LogP contribution in [0.3, 0.4) is 0 Å². The molecule has 1 fully saturated rings. The quantitative estimate of drug-likeness (QED) is 0.579. The molecule has 0 amide bonds. The average molecular weight is 245 g/mol. The number of nitrogens with zero attached hydrogens (tertiary/aromatic N) is 1. The molecule has 0 bridgehead atoms. The van der Waals surface area contributed by atoms with Gasteiger partial charge in [0.05, 0.1) is 12.6 Å². The van der Waals surface area contributed by atoms with Crippen LogP contribution in [-0.2, 0) is 0 Å². The Morgan fingerprint density at radius 1 is 1.69 bits per heavy atom. The summed E-state index contributed by atoms with van der Waals surface area (Å²) in [5.74, 6) is 0.968. The Bertz CT molecular complexity index is 213. The van der Waals surface area contributed by atoms with Gasteiger partial charge in [0.25, 0.3) is 0 Å². The molecule has 0 spiro atoms. The zero-order valence-corrected chi connectivity index (χ0v) is 10.8. The number of hydroxylamine groups is 1. The van der Waals surface area contributed by atoms with Crippen LogP contribution in [0.25, 0.3) is 0 Å². The minimum atomic E-state index is -0.471. The van der Waals surface area contributed by atoms with Crippen molar-refractivity contribution in [3.63, 3.8) is 0 Å². The lowest BCUT2D eigenvalue weighted by atomic mass is 10.2. The van der Waals surface area contributed by atoms with E-state index in [1.807, 2.05) is 6.92 Å². The van der Waals surface area contributed by atoms with Gasteiger partial charge in [0.1, 0.15) is 0 Å². The highest BCUT2D eigenvalue weighted by Crippen LogP contribution is 2.29. The number of nitriles is 1. The molecule has 0 aromatic rings. The topological polar surface area (TPSA) is 75.3 Å². The number of quaternary nitrogens is 1. The summed E-state index contributed by atoms with van der Waals surface area (Å²) in [5, 5.41) is 23.2. The summed E-state index contributed by atoms with van der Waals surface area (Å²) in [5.41, 5.74) is 2.77. The first kappa shape index (κ1) is 15.7. The fourth-order valence-electron chi connectivity index (χ4n) is 1.32. The average Bonchev–Trinajstić information content (AvgIpc) is 2.81. The summed E-state index contributed by atoms with van der Waals surface area (Å²) in [4.78, 5) is -0.471. The predicted octanol–water partition coefficient (Wildman–Crippen LogP) is -0.320. The monoisotopic (exact) mass is 245 g/mol. The van der Waals surface area contributed by atoms with Crippen LogP contribution in [0.4, 0.5) is 0 Å². The second kappa shape index (κ2) is 8.79. The summed E-state index contributed by atoms with van der Waals surface area (Å²) in [6.45, 7) is 8.76. The Kier molecular flexibility index (Phi) is 8.61. The minimum absolute atomic E-state index is 0.0427. The van der Waals surface area contributed by atoms with Crippen LogP contribution in [0, 0.1) is 23.5 Å². The van der Waals surface area contributed by atoms with E-state index in [1.165, 1.54) is 0 Å². The van der Waals surface area contributed by atoms with Gasteiger partial charge in [-0.05, 0) is 6.92 Å². The van der Waals surface area contributed by atoms with Crippen molar-refractivity contribution in [2.75, 3.05) is 25.4 Å². The molecule has 6 heteroatoms. The second-order valence-electron chi connectivity index (χ2n) is 3.17. The highest BCUT2D eigenvalue weighted by molar-refractivity contribution is 8.01. The van der Waals surface area contributed by atoms with Gasteiger partial charge in [0.2, 0.25) is 0 Å². The van der Waals surface area contributed by atoms with Crippen molar-refractivity contribution >= 4 is 11.8 Å². The first-order chi connectivity index (χ1) is 7.72. The lowest BCUT2D eigenvalue weighted by Gasteiger charge is -2.24. The third-order valence-corrected chi connectivity index (χ3v) is 3.50. The maximum Gasteiger partial charge on any atom is 0.154 e. The molecule has 93 valence electrons. The SMILES string of the molecule is CC[NH+]([O-])NCCC1(C#N)NCCS1.[CH2]C. The number of nitrogens with one attached hydrogen (secondary N) is 3. The fraction of sp³-hybridized carbons (Fsp3) is 0.800. The van der Waals surface area contributed by atoms with Crippen molar-refractivity contribution in [1.82, 2.24) is 10.7 Å². The molecule has 1 radical (unpaired) electrons. The molecule has 1 aliphatic rings. The van der Waals surface area contributed by atoms with E-state index in [1.54, 1.807) is 18.7 Å². The summed E-state index contributed by atoms with van der Waals surface area (Å²) in [7, 11) is 0. The molecule has 1 saturated heterocycles. The Morgan fingerprint density at radius 3 is 2.81 bits per heavy atom. The maximum atomic E-state index is 11.0. The Morgan fingerprint density at radius 2 is 2.38 bits per heavy atom. The molecule has 2 atom stereocenters. The van der Waals surface area contributed by atoms with Crippen LogP contribution in [0.5, 0.6) is 0 Å². The molecule has 16 heavy (non-hydrogen) atoms. The van der Waals surface area contributed by atoms with E-state index in [0.29, 0.717) is 19.5 Å². The smallest absolute Gasteiger partial charge is 0.154 e. The van der Waals surface area contributed by atoms with Crippen molar-refractivity contribution < 1.29 is 5.17 Å². The van der Waals surface area contributed by atoms with Gasteiger partial charge in [-0.15, -0.1) is 11.8 Å². The molecule has 0 aromatic heterocycles. The van der Waals surface area contributed by atoms with Gasteiger partial charge in [-0.2, -0.15) is 10.7 Å². The Labute approximate surface area is 102 Å². The Balaban J connectivity index is 0.00000106. The number of rotatable bonds is 5. The summed E-state index contributed by atoms with van der Waals surface area (Å²) < 4.78 is 0. The first-order valence-electron chi connectivity index (χ1n) is 5.50. The zero-order chi connectivity index (χ0) is 12.4. The maximum absolute atomic E-state index is 11.0. The molecule has 1 heterocycles. The molecular weight excluding hydrogens is 224 g/mol. The van der Waals surface area contributed by atoms with Gasteiger partial charge in [-0.3, -0.25) is 10.5 Å². The Hall–Kier alpha value is -0.320. The lowest BCUT2D eigenvalue weighted by molar-refractivity contribution is -0.894. The molecule has 5 nitrogen and oxygen atoms in total. The normalized spacial score (nSPS) is 25.4. The van der Waals surface area contributed by atoms with Gasteiger partial charge >= 0.3 is 0 Å². The molecule has 3 N–H and O–H groups in total. The highest BCUT2D eigenvalue weighted by atomic mass is 32.2. The molecule has 0 aromatic carbocycles. The van der Waals surface area contributed by atoms with Gasteiger partial charge in [0.15, 0.2) is 4.87 Å². The minimum Gasteiger partial charge on any atom is -0.613 e. The van der Waals surface area contributed by atoms with E-state index >= 15 is 0 Å². The molecule has 0 saturated carbocycles. The van der Waals surface area contributed by atoms with Gasteiger partial charge < -0.3 is 5.21 Å². The number of hydrogen-bond acceptors (Lipinski definition) is 5. The molecule has 0 aliphatic carbocycles. The van der Waals surface area contributed by atoms with Gasteiger partial charge in [-0.1, -0.05) is 13.8 Å². The van der Waals surface area contributed by atoms with E-state index < -0.39 is 4.87 Å². The van der Waals surface area contributed by atoms with Gasteiger partial charge in [-0.25, -0.2) is 0 Å². The van der Waals surface area contributed by atoms with Crippen molar-refractivity contribution in [2.45, 2.75) is 25.1 Å². The summed E-state index contributed by atoms with van der Waals surface area (Å²) in [6.07, 6.45) is 0.667. The van der Waals surface area contributed by atoms with Crippen LogP contribution in [-0.4, -0.2) is 30.3 Å². The molecular formula is C10H21N4OS. The largest absolute Gasteiger partial charge is 0.613 e.